The van der Waals surface area contributed by atoms with Gasteiger partial charge in [0.25, 0.3) is 11.2 Å². The zero-order chi connectivity index (χ0) is 26.8. The minimum absolute atomic E-state index is 0.0341. The van der Waals surface area contributed by atoms with E-state index in [4.69, 9.17) is 9.73 Å². The van der Waals surface area contributed by atoms with Crippen molar-refractivity contribution in [1.82, 2.24) is 4.57 Å². The summed E-state index contributed by atoms with van der Waals surface area (Å²) in [7, 11) is 1.32. The van der Waals surface area contributed by atoms with Gasteiger partial charge in [-0.1, -0.05) is 48.6 Å². The number of nitro benzene ring substituents is 1. The number of piperidine rings is 1. The van der Waals surface area contributed by atoms with Crippen molar-refractivity contribution in [2.24, 2.45) is 4.99 Å². The van der Waals surface area contributed by atoms with Gasteiger partial charge in [-0.3, -0.25) is 19.5 Å². The summed E-state index contributed by atoms with van der Waals surface area (Å²) in [6.07, 6.45) is 5.45. The van der Waals surface area contributed by atoms with Gasteiger partial charge in [-0.05, 0) is 43.4 Å². The molecule has 0 saturated carbocycles. The number of nitrogens with zero attached hydrogens (tertiary/aromatic N) is 4. The van der Waals surface area contributed by atoms with Crippen molar-refractivity contribution in [2.75, 3.05) is 25.1 Å². The lowest BCUT2D eigenvalue weighted by Crippen LogP contribution is -2.40. The number of benzene rings is 2. The Morgan fingerprint density at radius 2 is 1.92 bits per heavy atom. The van der Waals surface area contributed by atoms with Gasteiger partial charge in [0.15, 0.2) is 4.80 Å². The smallest absolute Gasteiger partial charge is 0.338 e. The maximum atomic E-state index is 13.9. The minimum atomic E-state index is -0.691. The van der Waals surface area contributed by atoms with Crippen LogP contribution in [0.4, 0.5) is 11.4 Å². The van der Waals surface area contributed by atoms with Crippen LogP contribution in [0.1, 0.15) is 49.8 Å². The molecular formula is C28H28N4O5S. The molecule has 0 bridgehead atoms. The number of rotatable bonds is 6. The fourth-order valence-corrected chi connectivity index (χ4v) is 6.16. The summed E-state index contributed by atoms with van der Waals surface area (Å²) in [6.45, 7) is 3.62. The molecule has 5 rings (SSSR count). The van der Waals surface area contributed by atoms with Gasteiger partial charge < -0.3 is 9.64 Å². The van der Waals surface area contributed by atoms with Gasteiger partial charge >= 0.3 is 5.97 Å². The highest BCUT2D eigenvalue weighted by molar-refractivity contribution is 7.07. The van der Waals surface area contributed by atoms with E-state index in [0.29, 0.717) is 32.6 Å². The van der Waals surface area contributed by atoms with E-state index < -0.39 is 16.9 Å². The molecule has 38 heavy (non-hydrogen) atoms. The molecule has 1 saturated heterocycles. The number of non-ortho nitro benzene ring substituents is 1. The van der Waals surface area contributed by atoms with E-state index in [2.05, 4.69) is 4.90 Å². The normalized spacial score (nSPS) is 17.7. The van der Waals surface area contributed by atoms with E-state index in [9.17, 15) is 19.7 Å². The molecule has 1 atom stereocenters. The number of carbonyl (C=O) groups is 1. The summed E-state index contributed by atoms with van der Waals surface area (Å²) in [5.74, 6) is -0.528. The van der Waals surface area contributed by atoms with Gasteiger partial charge in [0.2, 0.25) is 0 Å². The third-order valence-electron chi connectivity index (χ3n) is 6.97. The molecule has 0 unspecified atom stereocenters. The third kappa shape index (κ3) is 4.67. The molecule has 0 aliphatic carbocycles. The summed E-state index contributed by atoms with van der Waals surface area (Å²) in [4.78, 5) is 45.4. The zero-order valence-corrected chi connectivity index (χ0v) is 22.1. The SMILES string of the molecule is CCC1=C(C(=O)OC)[C@H](c2ccccc2)n2c(s/c(=C\c3cc([N+](=O)[O-])ccc3N3CCCCC3)c2=O)=N1. The number of thiazole rings is 1. The van der Waals surface area contributed by atoms with Crippen LogP contribution in [0.25, 0.3) is 6.08 Å². The predicted octanol–water partition coefficient (Wildman–Crippen LogP) is 3.70. The highest BCUT2D eigenvalue weighted by Crippen LogP contribution is 2.32. The van der Waals surface area contributed by atoms with E-state index in [0.717, 1.165) is 43.6 Å². The molecule has 10 heteroatoms. The second-order valence-corrected chi connectivity index (χ2v) is 10.3. The molecule has 2 aliphatic rings. The standard InChI is InChI=1S/C28H28N4O5S/c1-3-21-24(27(34)37-2)25(18-10-6-4-7-11-18)31-26(33)23(38-28(31)29-21)17-19-16-20(32(35)36)12-13-22(19)30-14-8-5-9-15-30/h4,6-7,10-13,16-17,25H,3,5,8-9,14-15H2,1-2H3/b23-17-/t25-/m0/s1. The summed E-state index contributed by atoms with van der Waals surface area (Å²) in [5.41, 5.74) is 2.82. The van der Waals surface area contributed by atoms with Crippen LogP contribution < -0.4 is 19.8 Å². The van der Waals surface area contributed by atoms with Crippen molar-refractivity contribution in [3.8, 4) is 0 Å². The second-order valence-electron chi connectivity index (χ2n) is 9.25. The Morgan fingerprint density at radius 3 is 2.58 bits per heavy atom. The monoisotopic (exact) mass is 532 g/mol. The number of hydrogen-bond acceptors (Lipinski definition) is 8. The number of methoxy groups -OCH3 is 1. The van der Waals surface area contributed by atoms with E-state index in [1.807, 2.05) is 37.3 Å². The molecule has 196 valence electrons. The maximum Gasteiger partial charge on any atom is 0.338 e. The van der Waals surface area contributed by atoms with Crippen molar-refractivity contribution in [3.05, 3.63) is 101 Å². The fourth-order valence-electron chi connectivity index (χ4n) is 5.15. The second kappa shape index (κ2) is 10.7. The van der Waals surface area contributed by atoms with Crippen LogP contribution >= 0.6 is 11.3 Å². The first-order valence-corrected chi connectivity index (χ1v) is 13.5. The lowest BCUT2D eigenvalue weighted by Gasteiger charge is -2.30. The van der Waals surface area contributed by atoms with Crippen LogP contribution in [0, 0.1) is 10.1 Å². The fraction of sp³-hybridized carbons (Fsp3) is 0.321. The Kier molecular flexibility index (Phi) is 7.24. The number of ether oxygens (including phenoxy) is 1. The first-order valence-electron chi connectivity index (χ1n) is 12.6. The number of fused-ring (bicyclic) bond motifs is 1. The largest absolute Gasteiger partial charge is 0.466 e. The molecule has 2 aliphatic heterocycles. The maximum absolute atomic E-state index is 13.9. The number of allylic oxidation sites excluding steroid dienone is 1. The summed E-state index contributed by atoms with van der Waals surface area (Å²) in [6, 6.07) is 13.5. The summed E-state index contributed by atoms with van der Waals surface area (Å²) >= 11 is 1.22. The summed E-state index contributed by atoms with van der Waals surface area (Å²) in [5, 5.41) is 11.6. The highest BCUT2D eigenvalue weighted by atomic mass is 32.1. The number of carbonyl (C=O) groups excluding carboxylic acids is 1. The lowest BCUT2D eigenvalue weighted by atomic mass is 9.95. The van der Waals surface area contributed by atoms with Crippen LogP contribution in [0.3, 0.4) is 0 Å². The molecule has 9 nitrogen and oxygen atoms in total. The number of esters is 1. The average Bonchev–Trinajstić information content (AvgIpc) is 3.26. The molecule has 0 N–H and O–H groups in total. The van der Waals surface area contributed by atoms with E-state index in [1.165, 1.54) is 35.1 Å². The van der Waals surface area contributed by atoms with E-state index in [-0.39, 0.29) is 11.2 Å². The lowest BCUT2D eigenvalue weighted by molar-refractivity contribution is -0.384. The molecule has 1 fully saturated rings. The highest BCUT2D eigenvalue weighted by Gasteiger charge is 2.33. The molecule has 0 spiro atoms. The third-order valence-corrected chi connectivity index (χ3v) is 7.95. The topological polar surface area (TPSA) is 107 Å². The van der Waals surface area contributed by atoms with E-state index >= 15 is 0 Å². The molecule has 1 aromatic heterocycles. The van der Waals surface area contributed by atoms with Gasteiger partial charge in [0.1, 0.15) is 0 Å². The number of hydrogen-bond donors (Lipinski definition) is 0. The van der Waals surface area contributed by atoms with Crippen LogP contribution in [0.5, 0.6) is 0 Å². The van der Waals surface area contributed by atoms with Crippen LogP contribution in [0.15, 0.2) is 69.6 Å². The predicted molar refractivity (Wildman–Crippen MR) is 146 cm³/mol. The number of nitro groups is 1. The minimum Gasteiger partial charge on any atom is -0.466 e. The molecule has 0 amide bonds. The van der Waals surface area contributed by atoms with Crippen LogP contribution in [-0.2, 0) is 9.53 Å². The quantitative estimate of drug-likeness (QED) is 0.272. The Bertz CT molecular complexity index is 1600. The first-order chi connectivity index (χ1) is 18.4. The Hall–Kier alpha value is -4.05. The zero-order valence-electron chi connectivity index (χ0n) is 21.3. The van der Waals surface area contributed by atoms with Gasteiger partial charge in [-0.2, -0.15) is 0 Å². The average molecular weight is 533 g/mol. The van der Waals surface area contributed by atoms with Crippen LogP contribution in [-0.4, -0.2) is 35.7 Å². The van der Waals surface area contributed by atoms with Crippen molar-refractivity contribution in [1.29, 1.82) is 0 Å². The van der Waals surface area contributed by atoms with Crippen LogP contribution in [0.2, 0.25) is 0 Å². The Balaban J connectivity index is 1.74. The summed E-state index contributed by atoms with van der Waals surface area (Å²) < 4.78 is 7.03. The molecule has 0 radical (unpaired) electrons. The Morgan fingerprint density at radius 1 is 1.18 bits per heavy atom. The van der Waals surface area contributed by atoms with Gasteiger partial charge in [0.05, 0.1) is 33.9 Å². The van der Waals surface area contributed by atoms with Crippen molar-refractivity contribution >= 4 is 34.8 Å². The van der Waals surface area contributed by atoms with Gasteiger partial charge in [0, 0.05) is 36.5 Å². The number of anilines is 1. The Labute approximate surface area is 223 Å². The van der Waals surface area contributed by atoms with Crippen molar-refractivity contribution < 1.29 is 14.5 Å². The molecule has 3 heterocycles. The van der Waals surface area contributed by atoms with E-state index in [1.54, 1.807) is 12.1 Å². The number of aromatic nitrogens is 1. The van der Waals surface area contributed by atoms with Crippen molar-refractivity contribution in [2.45, 2.75) is 38.6 Å². The first kappa shape index (κ1) is 25.6. The van der Waals surface area contributed by atoms with Gasteiger partial charge in [-0.15, -0.1) is 0 Å². The molecular weight excluding hydrogens is 504 g/mol. The van der Waals surface area contributed by atoms with Gasteiger partial charge in [-0.25, -0.2) is 9.79 Å². The van der Waals surface area contributed by atoms with Crippen molar-refractivity contribution in [3.63, 3.8) is 0 Å². The molecule has 3 aromatic rings. The molecule has 2 aromatic carbocycles.